The van der Waals surface area contributed by atoms with Crippen molar-refractivity contribution in [2.24, 2.45) is 7.05 Å². The number of aromatic nitrogens is 3. The molecule has 28 heavy (non-hydrogen) atoms. The minimum atomic E-state index is 0.00116. The highest BCUT2D eigenvalue weighted by molar-refractivity contribution is 5.82. The highest BCUT2D eigenvalue weighted by atomic mass is 16.5. The average Bonchev–Trinajstić information content (AvgIpc) is 3.06. The maximum absolute atomic E-state index is 9.45. The van der Waals surface area contributed by atoms with Gasteiger partial charge in [-0.3, -0.25) is 0 Å². The second-order valence-electron chi connectivity index (χ2n) is 6.82. The molecule has 0 saturated carbocycles. The Morgan fingerprint density at radius 1 is 0.929 bits per heavy atom. The largest absolute Gasteiger partial charge is 0.480 e. The molecule has 0 radical (unpaired) electrons. The van der Waals surface area contributed by atoms with E-state index in [9.17, 15) is 5.11 Å². The second kappa shape index (κ2) is 7.82. The number of methoxy groups -OCH3 is 1. The summed E-state index contributed by atoms with van der Waals surface area (Å²) in [6, 6.07) is 20.3. The molecule has 2 heterocycles. The van der Waals surface area contributed by atoms with Crippen LogP contribution in [0.5, 0.6) is 5.88 Å². The van der Waals surface area contributed by atoms with Gasteiger partial charge < -0.3 is 14.4 Å². The molecular weight excluding hydrogens is 350 g/mol. The Labute approximate surface area is 164 Å². The lowest BCUT2D eigenvalue weighted by atomic mass is 10.0. The zero-order valence-electron chi connectivity index (χ0n) is 16.1. The summed E-state index contributed by atoms with van der Waals surface area (Å²) in [5.74, 6) is 1.53. The van der Waals surface area contributed by atoms with E-state index >= 15 is 0 Å². The first-order chi connectivity index (χ1) is 13.7. The molecule has 0 aliphatic rings. The molecule has 0 fully saturated rings. The van der Waals surface area contributed by atoms with E-state index in [0.717, 1.165) is 40.9 Å². The van der Waals surface area contributed by atoms with Crippen molar-refractivity contribution in [2.75, 3.05) is 7.11 Å². The number of benzene rings is 2. The number of aliphatic hydroxyl groups is 1. The Hall–Kier alpha value is -3.18. The number of hydrogen-bond donors (Lipinski definition) is 1. The van der Waals surface area contributed by atoms with Crippen molar-refractivity contribution in [2.45, 2.75) is 19.4 Å². The SMILES string of the molecule is COc1nc2nc(CCc3ccccc3)n(C)c2cc1-c1cccc(CO)c1. The zero-order valence-corrected chi connectivity index (χ0v) is 16.1. The number of rotatable bonds is 6. The highest BCUT2D eigenvalue weighted by Crippen LogP contribution is 2.32. The predicted molar refractivity (Wildman–Crippen MR) is 110 cm³/mol. The maximum Gasteiger partial charge on any atom is 0.223 e. The van der Waals surface area contributed by atoms with Crippen molar-refractivity contribution in [3.63, 3.8) is 0 Å². The second-order valence-corrected chi connectivity index (χ2v) is 6.82. The predicted octanol–water partition coefficient (Wildman–Crippen LogP) is 3.92. The lowest BCUT2D eigenvalue weighted by molar-refractivity contribution is 0.282. The summed E-state index contributed by atoms with van der Waals surface area (Å²) in [4.78, 5) is 9.38. The summed E-state index contributed by atoms with van der Waals surface area (Å²) < 4.78 is 7.64. The summed E-state index contributed by atoms with van der Waals surface area (Å²) in [5, 5.41) is 9.45. The number of aliphatic hydroxyl groups excluding tert-OH is 1. The van der Waals surface area contributed by atoms with E-state index in [-0.39, 0.29) is 6.61 Å². The van der Waals surface area contributed by atoms with Crippen molar-refractivity contribution < 1.29 is 9.84 Å². The molecule has 0 spiro atoms. The van der Waals surface area contributed by atoms with Crippen LogP contribution in [0.2, 0.25) is 0 Å². The van der Waals surface area contributed by atoms with E-state index in [1.165, 1.54) is 5.56 Å². The molecule has 0 saturated heterocycles. The molecular formula is C23H23N3O2. The molecule has 2 aromatic heterocycles. The molecule has 5 heteroatoms. The summed E-state index contributed by atoms with van der Waals surface area (Å²) in [6.07, 6.45) is 1.77. The number of ether oxygens (including phenoxy) is 1. The lowest BCUT2D eigenvalue weighted by Gasteiger charge is -2.09. The molecule has 0 amide bonds. The van der Waals surface area contributed by atoms with Crippen LogP contribution in [-0.4, -0.2) is 26.8 Å². The van der Waals surface area contributed by atoms with Crippen LogP contribution >= 0.6 is 0 Å². The van der Waals surface area contributed by atoms with Gasteiger partial charge in [-0.15, -0.1) is 0 Å². The highest BCUT2D eigenvalue weighted by Gasteiger charge is 2.15. The van der Waals surface area contributed by atoms with Gasteiger partial charge in [0.25, 0.3) is 0 Å². The first kappa shape index (κ1) is 18.2. The van der Waals surface area contributed by atoms with Crippen LogP contribution in [0.3, 0.4) is 0 Å². The van der Waals surface area contributed by atoms with E-state index in [1.807, 2.05) is 37.4 Å². The number of nitrogens with zero attached hydrogens (tertiary/aromatic N) is 3. The molecule has 0 aliphatic heterocycles. The van der Waals surface area contributed by atoms with Crippen LogP contribution in [-0.2, 0) is 26.5 Å². The minimum absolute atomic E-state index is 0.00116. The molecule has 2 aromatic carbocycles. The summed E-state index contributed by atoms with van der Waals surface area (Å²) in [5.41, 5.74) is 5.65. The molecule has 0 aliphatic carbocycles. The van der Waals surface area contributed by atoms with Gasteiger partial charge in [0.15, 0.2) is 5.65 Å². The van der Waals surface area contributed by atoms with E-state index in [4.69, 9.17) is 9.72 Å². The Morgan fingerprint density at radius 2 is 1.71 bits per heavy atom. The van der Waals surface area contributed by atoms with Crippen molar-refractivity contribution >= 4 is 11.2 Å². The van der Waals surface area contributed by atoms with Crippen molar-refractivity contribution in [1.82, 2.24) is 14.5 Å². The lowest BCUT2D eigenvalue weighted by Crippen LogP contribution is -2.00. The van der Waals surface area contributed by atoms with Crippen LogP contribution < -0.4 is 4.74 Å². The molecule has 4 rings (SSSR count). The third-order valence-electron chi connectivity index (χ3n) is 5.03. The van der Waals surface area contributed by atoms with Gasteiger partial charge in [0.05, 0.1) is 19.2 Å². The summed E-state index contributed by atoms with van der Waals surface area (Å²) in [6.45, 7) is 0.00116. The van der Waals surface area contributed by atoms with Gasteiger partial charge in [-0.25, -0.2) is 4.98 Å². The van der Waals surface area contributed by atoms with E-state index in [2.05, 4.69) is 39.9 Å². The van der Waals surface area contributed by atoms with Crippen LogP contribution in [0.25, 0.3) is 22.3 Å². The van der Waals surface area contributed by atoms with Crippen molar-refractivity contribution in [3.05, 3.63) is 77.6 Å². The van der Waals surface area contributed by atoms with Crippen molar-refractivity contribution in [3.8, 4) is 17.0 Å². The molecule has 0 bridgehead atoms. The average molecular weight is 373 g/mol. The number of aryl methyl sites for hydroxylation is 3. The first-order valence-electron chi connectivity index (χ1n) is 9.34. The van der Waals surface area contributed by atoms with Crippen LogP contribution in [0.1, 0.15) is 17.0 Å². The number of fused-ring (bicyclic) bond motifs is 1. The van der Waals surface area contributed by atoms with Gasteiger partial charge >= 0.3 is 0 Å². The van der Waals surface area contributed by atoms with Gasteiger partial charge in [0.1, 0.15) is 5.82 Å². The van der Waals surface area contributed by atoms with Crippen molar-refractivity contribution in [1.29, 1.82) is 0 Å². The van der Waals surface area contributed by atoms with Gasteiger partial charge in [-0.1, -0.05) is 48.5 Å². The van der Waals surface area contributed by atoms with Gasteiger partial charge in [0, 0.05) is 19.0 Å². The van der Waals surface area contributed by atoms with E-state index in [1.54, 1.807) is 7.11 Å². The van der Waals surface area contributed by atoms with Gasteiger partial charge in [0.2, 0.25) is 5.88 Å². The Kier molecular flexibility index (Phi) is 5.08. The topological polar surface area (TPSA) is 60.2 Å². The molecule has 142 valence electrons. The molecule has 5 nitrogen and oxygen atoms in total. The third kappa shape index (κ3) is 3.49. The van der Waals surface area contributed by atoms with Crippen LogP contribution in [0, 0.1) is 0 Å². The quantitative estimate of drug-likeness (QED) is 0.556. The first-order valence-corrected chi connectivity index (χ1v) is 9.34. The Morgan fingerprint density at radius 3 is 2.46 bits per heavy atom. The van der Waals surface area contributed by atoms with Crippen LogP contribution in [0.15, 0.2) is 60.7 Å². The minimum Gasteiger partial charge on any atom is -0.480 e. The number of pyridine rings is 1. The molecule has 0 atom stereocenters. The monoisotopic (exact) mass is 373 g/mol. The Bertz CT molecular complexity index is 1100. The van der Waals surface area contributed by atoms with Gasteiger partial charge in [-0.2, -0.15) is 4.98 Å². The molecule has 0 unspecified atom stereocenters. The van der Waals surface area contributed by atoms with Crippen LogP contribution in [0.4, 0.5) is 0 Å². The maximum atomic E-state index is 9.45. The third-order valence-corrected chi connectivity index (χ3v) is 5.03. The number of imidazole rings is 1. The summed E-state index contributed by atoms with van der Waals surface area (Å²) in [7, 11) is 3.64. The van der Waals surface area contributed by atoms with E-state index < -0.39 is 0 Å². The molecule has 4 aromatic rings. The fraction of sp³-hybridized carbons (Fsp3) is 0.217. The smallest absolute Gasteiger partial charge is 0.223 e. The fourth-order valence-corrected chi connectivity index (χ4v) is 3.47. The summed E-state index contributed by atoms with van der Waals surface area (Å²) >= 11 is 0. The van der Waals surface area contributed by atoms with E-state index in [0.29, 0.717) is 11.5 Å². The Balaban J connectivity index is 1.73. The number of hydrogen-bond acceptors (Lipinski definition) is 4. The zero-order chi connectivity index (χ0) is 19.5. The fourth-order valence-electron chi connectivity index (χ4n) is 3.47. The normalized spacial score (nSPS) is 11.1. The molecule has 1 N–H and O–H groups in total. The van der Waals surface area contributed by atoms with Gasteiger partial charge in [-0.05, 0) is 35.2 Å². The standard InChI is InChI=1S/C23H23N3O2/c1-26-20-14-19(18-10-6-9-17(13-18)15-27)23(28-2)25-22(20)24-21(26)12-11-16-7-4-3-5-8-16/h3-10,13-14,27H,11-12,15H2,1-2H3.